The molecule has 0 bridgehead atoms. The lowest BCUT2D eigenvalue weighted by Crippen LogP contribution is -2.42. The number of aryl methyl sites for hydroxylation is 1. The fourth-order valence-electron chi connectivity index (χ4n) is 4.59. The Kier molecular flexibility index (Phi) is 7.69. The quantitative estimate of drug-likeness (QED) is 0.465. The summed E-state index contributed by atoms with van der Waals surface area (Å²) < 4.78 is 15.3. The Morgan fingerprint density at radius 3 is 2.74 bits per heavy atom. The van der Waals surface area contributed by atoms with Crippen LogP contribution in [0.4, 0.5) is 0 Å². The van der Waals surface area contributed by atoms with Gasteiger partial charge in [-0.2, -0.15) is 10.2 Å². The minimum Gasteiger partial charge on any atom is -0.455 e. The van der Waals surface area contributed by atoms with Crippen LogP contribution in [-0.4, -0.2) is 61.9 Å². The molecule has 0 saturated carbocycles. The van der Waals surface area contributed by atoms with Crippen molar-refractivity contribution in [3.05, 3.63) is 83.1 Å². The Morgan fingerprint density at radius 2 is 2.05 bits per heavy atom. The molecule has 9 nitrogen and oxygen atoms in total. The van der Waals surface area contributed by atoms with Crippen LogP contribution in [0.5, 0.6) is 0 Å². The highest BCUT2D eigenvalue weighted by atomic mass is 16.5. The predicted molar refractivity (Wildman–Crippen MR) is 147 cm³/mol. The molecule has 1 N–H and O–H groups in total. The van der Waals surface area contributed by atoms with E-state index in [1.807, 2.05) is 31.5 Å². The molecule has 5 heterocycles. The summed E-state index contributed by atoms with van der Waals surface area (Å²) in [5.74, 6) is 1.32. The van der Waals surface area contributed by atoms with E-state index in [0.717, 1.165) is 36.3 Å². The van der Waals surface area contributed by atoms with Crippen molar-refractivity contribution < 1.29 is 14.3 Å². The molecule has 0 spiro atoms. The van der Waals surface area contributed by atoms with Gasteiger partial charge in [0.25, 0.3) is 0 Å². The number of aliphatic hydroxyl groups is 1. The van der Waals surface area contributed by atoms with Crippen LogP contribution in [0, 0.1) is 0 Å². The van der Waals surface area contributed by atoms with Gasteiger partial charge < -0.3 is 14.3 Å². The minimum atomic E-state index is -0.178. The van der Waals surface area contributed by atoms with Crippen molar-refractivity contribution in [2.75, 3.05) is 26.3 Å². The van der Waals surface area contributed by atoms with E-state index in [1.54, 1.807) is 21.6 Å². The fourth-order valence-corrected chi connectivity index (χ4v) is 4.59. The Balaban J connectivity index is 1.65. The van der Waals surface area contributed by atoms with Crippen LogP contribution in [0.1, 0.15) is 31.7 Å². The molecule has 38 heavy (non-hydrogen) atoms. The van der Waals surface area contributed by atoms with Gasteiger partial charge in [0.1, 0.15) is 11.1 Å². The van der Waals surface area contributed by atoms with Gasteiger partial charge in [-0.05, 0) is 31.6 Å². The van der Waals surface area contributed by atoms with Gasteiger partial charge in [-0.3, -0.25) is 9.58 Å². The summed E-state index contributed by atoms with van der Waals surface area (Å²) in [5, 5.41) is 20.2. The monoisotopic (exact) mass is 514 g/mol. The topological polar surface area (TPSA) is 93.8 Å². The first-order chi connectivity index (χ1) is 18.5. The summed E-state index contributed by atoms with van der Waals surface area (Å²) in [6.07, 6.45) is 14.6. The first kappa shape index (κ1) is 25.8. The van der Waals surface area contributed by atoms with Gasteiger partial charge in [0, 0.05) is 38.0 Å². The molecular weight excluding hydrogens is 480 g/mol. The van der Waals surface area contributed by atoms with Crippen LogP contribution in [0.25, 0.3) is 28.8 Å². The molecule has 0 radical (unpaired) electrons. The van der Waals surface area contributed by atoms with Crippen molar-refractivity contribution in [2.45, 2.75) is 32.9 Å². The van der Waals surface area contributed by atoms with E-state index >= 15 is 0 Å². The number of allylic oxidation sites excluding steroid dienone is 5. The standard InChI is InChI=1S/C29H34N6O3/c1-5-7-21(12-20(3)6-2)25-13-24(19-36)35(32-25)29-15-23(34-8-10-37-11-9-34)14-28-26(31-29)16-27(38-28)22-17-30-33(4)18-22/h5,7,12-18,23,36H,1,6,8-11,19H2,2-4H3/b20-12+,21-7+. The summed E-state index contributed by atoms with van der Waals surface area (Å²) in [5.41, 5.74) is 5.13. The number of ether oxygens (including phenoxy) is 1. The van der Waals surface area contributed by atoms with Crippen LogP contribution < -0.4 is 10.8 Å². The molecule has 1 unspecified atom stereocenters. The highest BCUT2D eigenvalue weighted by molar-refractivity contribution is 5.74. The number of fused-ring (bicyclic) bond motifs is 1. The van der Waals surface area contributed by atoms with Gasteiger partial charge >= 0.3 is 0 Å². The number of hydrogen-bond acceptors (Lipinski definition) is 7. The maximum Gasteiger partial charge on any atom is 0.152 e. The maximum absolute atomic E-state index is 10.3. The Morgan fingerprint density at radius 1 is 1.24 bits per heavy atom. The third-order valence-corrected chi connectivity index (χ3v) is 6.79. The Hall–Kier alpha value is -3.79. The molecule has 2 aliphatic heterocycles. The number of furan rings is 1. The van der Waals surface area contributed by atoms with Crippen LogP contribution in [0.15, 0.2) is 70.4 Å². The van der Waals surface area contributed by atoms with Crippen molar-refractivity contribution in [2.24, 2.45) is 12.0 Å². The largest absolute Gasteiger partial charge is 0.455 e. The third-order valence-electron chi connectivity index (χ3n) is 6.79. The second-order valence-corrected chi connectivity index (χ2v) is 9.50. The van der Waals surface area contributed by atoms with Crippen LogP contribution in [-0.2, 0) is 18.4 Å². The van der Waals surface area contributed by atoms with Gasteiger partial charge in [-0.25, -0.2) is 9.67 Å². The maximum atomic E-state index is 10.3. The van der Waals surface area contributed by atoms with Crippen molar-refractivity contribution in [3.63, 3.8) is 0 Å². The third kappa shape index (κ3) is 5.40. The average molecular weight is 515 g/mol. The second-order valence-electron chi connectivity index (χ2n) is 9.50. The second kappa shape index (κ2) is 11.3. The first-order valence-electron chi connectivity index (χ1n) is 12.9. The van der Waals surface area contributed by atoms with Crippen molar-refractivity contribution in [3.8, 4) is 11.3 Å². The van der Waals surface area contributed by atoms with Gasteiger partial charge in [-0.1, -0.05) is 37.3 Å². The Bertz CT molecular complexity index is 1530. The number of aliphatic hydroxyl groups excluding tert-OH is 1. The summed E-state index contributed by atoms with van der Waals surface area (Å²) in [4.78, 5) is 7.33. The van der Waals surface area contributed by atoms with Gasteiger partial charge in [0.15, 0.2) is 11.2 Å². The molecule has 1 saturated heterocycles. The summed E-state index contributed by atoms with van der Waals surface area (Å²) in [7, 11) is 1.88. The summed E-state index contributed by atoms with van der Waals surface area (Å²) in [6.45, 7) is 10.8. The van der Waals surface area contributed by atoms with E-state index in [0.29, 0.717) is 41.3 Å². The van der Waals surface area contributed by atoms with Crippen molar-refractivity contribution in [1.29, 1.82) is 0 Å². The molecule has 0 amide bonds. The molecule has 5 rings (SSSR count). The van der Waals surface area contributed by atoms with E-state index in [1.165, 1.54) is 5.57 Å². The molecule has 0 aliphatic carbocycles. The summed E-state index contributed by atoms with van der Waals surface area (Å²) >= 11 is 0. The Labute approximate surface area is 222 Å². The highest BCUT2D eigenvalue weighted by Gasteiger charge is 2.23. The lowest BCUT2D eigenvalue weighted by Gasteiger charge is -2.30. The fraction of sp³-hybridized carbons (Fsp3) is 0.345. The lowest BCUT2D eigenvalue weighted by molar-refractivity contribution is 0.0350. The molecule has 1 fully saturated rings. The molecule has 198 valence electrons. The molecular formula is C29H34N6O3. The lowest BCUT2D eigenvalue weighted by atomic mass is 10.1. The van der Waals surface area contributed by atoms with Crippen molar-refractivity contribution in [1.82, 2.24) is 24.5 Å². The highest BCUT2D eigenvalue weighted by Crippen LogP contribution is 2.24. The SMILES string of the molecule is C=C/C=C(\C=C(/C)CC)c1cc(CO)n(C2=CC(N3CCOCC3)C=c3oc(-c4cnn(C)c4)cc3=N2)n1. The van der Waals surface area contributed by atoms with Gasteiger partial charge in [-0.15, -0.1) is 0 Å². The average Bonchev–Trinajstić information content (AvgIpc) is 3.64. The number of rotatable bonds is 8. The predicted octanol–water partition coefficient (Wildman–Crippen LogP) is 2.91. The van der Waals surface area contributed by atoms with E-state index in [4.69, 9.17) is 19.2 Å². The zero-order valence-corrected chi connectivity index (χ0v) is 22.2. The number of morpholine rings is 1. The minimum absolute atomic E-state index is 0.0867. The molecule has 0 aromatic carbocycles. The van der Waals surface area contributed by atoms with E-state index < -0.39 is 0 Å². The normalized spacial score (nSPS) is 18.8. The van der Waals surface area contributed by atoms with Crippen molar-refractivity contribution >= 4 is 17.5 Å². The molecule has 3 aromatic rings. The van der Waals surface area contributed by atoms with Crippen LogP contribution in [0.2, 0.25) is 0 Å². The van der Waals surface area contributed by atoms with Crippen LogP contribution in [0.3, 0.4) is 0 Å². The molecule has 1 atom stereocenters. The molecule has 9 heteroatoms. The zero-order valence-electron chi connectivity index (χ0n) is 22.2. The number of nitrogens with zero attached hydrogens (tertiary/aromatic N) is 6. The van der Waals surface area contributed by atoms with E-state index in [-0.39, 0.29) is 12.6 Å². The molecule has 3 aromatic heterocycles. The first-order valence-corrected chi connectivity index (χ1v) is 12.9. The van der Waals surface area contributed by atoms with Gasteiger partial charge in [0.2, 0.25) is 0 Å². The smallest absolute Gasteiger partial charge is 0.152 e. The number of hydrogen-bond donors (Lipinski definition) is 1. The van der Waals surface area contributed by atoms with E-state index in [2.05, 4.69) is 48.7 Å². The van der Waals surface area contributed by atoms with Gasteiger partial charge in [0.05, 0.1) is 49.0 Å². The summed E-state index contributed by atoms with van der Waals surface area (Å²) in [6, 6.07) is 3.75. The zero-order chi connectivity index (χ0) is 26.6. The van der Waals surface area contributed by atoms with E-state index in [9.17, 15) is 5.11 Å². The van der Waals surface area contributed by atoms with Crippen LogP contribution >= 0.6 is 0 Å². The molecule has 2 aliphatic rings. The number of aromatic nitrogens is 4.